The van der Waals surface area contributed by atoms with Crippen LogP contribution in [0, 0.1) is 0 Å². The van der Waals surface area contributed by atoms with Gasteiger partial charge in [0.15, 0.2) is 0 Å². The fourth-order valence-corrected chi connectivity index (χ4v) is 3.39. The Bertz CT molecular complexity index is 685. The van der Waals surface area contributed by atoms with Crippen molar-refractivity contribution in [1.29, 1.82) is 0 Å². The van der Waals surface area contributed by atoms with Gasteiger partial charge in [-0.05, 0) is 42.8 Å². The summed E-state index contributed by atoms with van der Waals surface area (Å²) in [5, 5.41) is 1.15. The largest absolute Gasteiger partial charge is 0.399 e. The van der Waals surface area contributed by atoms with Gasteiger partial charge in [0, 0.05) is 17.9 Å². The summed E-state index contributed by atoms with van der Waals surface area (Å²) >= 11 is 1.77. The molecule has 0 unspecified atom stereocenters. The zero-order valence-electron chi connectivity index (χ0n) is 12.1. The molecule has 0 bridgehead atoms. The number of thiazole rings is 1. The Hall–Kier alpha value is -2.07. The number of para-hydroxylation sites is 1. The van der Waals surface area contributed by atoms with Crippen molar-refractivity contribution < 1.29 is 0 Å². The Morgan fingerprint density at radius 1 is 1.10 bits per heavy atom. The lowest BCUT2D eigenvalue weighted by atomic mass is 10.2. The number of hydrogen-bond donors (Lipinski definition) is 1. The fraction of sp³-hybridized carbons (Fsp3) is 0.235. The Morgan fingerprint density at radius 2 is 1.86 bits per heavy atom. The average Bonchev–Trinajstić information content (AvgIpc) is 2.90. The van der Waals surface area contributed by atoms with E-state index >= 15 is 0 Å². The number of fused-ring (bicyclic) bond motifs is 1. The number of anilines is 2. The second-order valence-electron chi connectivity index (χ2n) is 5.09. The highest BCUT2D eigenvalue weighted by molar-refractivity contribution is 7.18. The summed E-state index contributed by atoms with van der Waals surface area (Å²) in [6.07, 6.45) is 1.11. The maximum absolute atomic E-state index is 5.78. The van der Waals surface area contributed by atoms with Gasteiger partial charge in [0.1, 0.15) is 5.01 Å². The molecule has 2 N–H and O–H groups in total. The number of benzene rings is 2. The average molecular weight is 297 g/mol. The van der Waals surface area contributed by atoms with E-state index in [4.69, 9.17) is 10.7 Å². The van der Waals surface area contributed by atoms with E-state index in [0.29, 0.717) is 0 Å². The van der Waals surface area contributed by atoms with Crippen molar-refractivity contribution in [3.8, 4) is 0 Å². The molecule has 0 aliphatic carbocycles. The van der Waals surface area contributed by atoms with E-state index in [0.717, 1.165) is 35.7 Å². The molecule has 0 aliphatic rings. The normalized spacial score (nSPS) is 10.9. The zero-order valence-corrected chi connectivity index (χ0v) is 12.9. The first-order valence-corrected chi connectivity index (χ1v) is 8.03. The van der Waals surface area contributed by atoms with E-state index in [-0.39, 0.29) is 0 Å². The third-order valence-corrected chi connectivity index (χ3v) is 4.44. The molecule has 3 nitrogen and oxygen atoms in total. The standard InChI is InChI=1S/C17H19N3S/c1-2-11-20(14-9-7-13(18)8-10-14)12-17-19-15-5-3-4-6-16(15)21-17/h3-10H,2,11-12,18H2,1H3. The summed E-state index contributed by atoms with van der Waals surface area (Å²) in [7, 11) is 0. The lowest BCUT2D eigenvalue weighted by molar-refractivity contribution is 0.765. The van der Waals surface area contributed by atoms with Crippen molar-refractivity contribution in [3.05, 3.63) is 53.5 Å². The molecule has 1 heterocycles. The third kappa shape index (κ3) is 3.16. The maximum Gasteiger partial charge on any atom is 0.113 e. The van der Waals surface area contributed by atoms with Crippen LogP contribution < -0.4 is 10.6 Å². The van der Waals surface area contributed by atoms with Crippen LogP contribution in [-0.2, 0) is 6.54 Å². The van der Waals surface area contributed by atoms with Crippen LogP contribution >= 0.6 is 11.3 Å². The molecule has 0 fully saturated rings. The van der Waals surface area contributed by atoms with E-state index in [9.17, 15) is 0 Å². The van der Waals surface area contributed by atoms with Gasteiger partial charge in [0.2, 0.25) is 0 Å². The van der Waals surface area contributed by atoms with Crippen molar-refractivity contribution >= 4 is 32.9 Å². The van der Waals surface area contributed by atoms with Gasteiger partial charge in [-0.2, -0.15) is 0 Å². The first kappa shape index (κ1) is 13.9. The van der Waals surface area contributed by atoms with Crippen LogP contribution in [0.2, 0.25) is 0 Å². The Labute approximate surface area is 129 Å². The molecule has 0 atom stereocenters. The number of rotatable bonds is 5. The number of nitrogens with zero attached hydrogens (tertiary/aromatic N) is 2. The van der Waals surface area contributed by atoms with Gasteiger partial charge >= 0.3 is 0 Å². The maximum atomic E-state index is 5.78. The monoisotopic (exact) mass is 297 g/mol. The minimum atomic E-state index is 0.801. The molecular weight excluding hydrogens is 278 g/mol. The topological polar surface area (TPSA) is 42.2 Å². The van der Waals surface area contributed by atoms with Crippen LogP contribution in [0.5, 0.6) is 0 Å². The van der Waals surface area contributed by atoms with Gasteiger partial charge in [0.05, 0.1) is 16.8 Å². The van der Waals surface area contributed by atoms with Crippen LogP contribution in [0.15, 0.2) is 48.5 Å². The number of aromatic nitrogens is 1. The van der Waals surface area contributed by atoms with Gasteiger partial charge in [-0.15, -0.1) is 11.3 Å². The SMILES string of the molecule is CCCN(Cc1nc2ccccc2s1)c1ccc(N)cc1. The molecule has 21 heavy (non-hydrogen) atoms. The van der Waals surface area contributed by atoms with Crippen LogP contribution in [0.25, 0.3) is 10.2 Å². The first-order chi connectivity index (χ1) is 10.3. The predicted molar refractivity (Wildman–Crippen MR) is 91.8 cm³/mol. The van der Waals surface area contributed by atoms with E-state index in [1.54, 1.807) is 11.3 Å². The molecule has 108 valence electrons. The zero-order chi connectivity index (χ0) is 14.7. The van der Waals surface area contributed by atoms with E-state index in [1.807, 2.05) is 18.2 Å². The van der Waals surface area contributed by atoms with Gasteiger partial charge in [-0.3, -0.25) is 0 Å². The number of nitrogens with two attached hydrogens (primary N) is 1. The smallest absolute Gasteiger partial charge is 0.113 e. The van der Waals surface area contributed by atoms with Gasteiger partial charge in [-0.25, -0.2) is 4.98 Å². The molecule has 2 aromatic carbocycles. The van der Waals surface area contributed by atoms with Gasteiger partial charge < -0.3 is 10.6 Å². The molecule has 3 aromatic rings. The Morgan fingerprint density at radius 3 is 2.57 bits per heavy atom. The minimum Gasteiger partial charge on any atom is -0.399 e. The number of hydrogen-bond acceptors (Lipinski definition) is 4. The summed E-state index contributed by atoms with van der Waals surface area (Å²) in [6.45, 7) is 4.06. The highest BCUT2D eigenvalue weighted by atomic mass is 32.1. The van der Waals surface area contributed by atoms with Crippen LogP contribution in [0.1, 0.15) is 18.4 Å². The molecule has 0 amide bonds. The molecule has 0 saturated carbocycles. The third-order valence-electron chi connectivity index (χ3n) is 3.42. The summed E-state index contributed by atoms with van der Waals surface area (Å²) < 4.78 is 1.25. The molecule has 0 aliphatic heterocycles. The summed E-state index contributed by atoms with van der Waals surface area (Å²) in [4.78, 5) is 7.09. The second kappa shape index (κ2) is 6.14. The lowest BCUT2D eigenvalue weighted by Crippen LogP contribution is -2.23. The predicted octanol–water partition coefficient (Wildman–Crippen LogP) is 4.30. The summed E-state index contributed by atoms with van der Waals surface area (Å²) in [5.74, 6) is 0. The molecule has 0 spiro atoms. The first-order valence-electron chi connectivity index (χ1n) is 7.21. The van der Waals surface area contributed by atoms with Crippen LogP contribution in [-0.4, -0.2) is 11.5 Å². The van der Waals surface area contributed by atoms with Crippen molar-refractivity contribution in [2.24, 2.45) is 0 Å². The van der Waals surface area contributed by atoms with Crippen molar-refractivity contribution in [3.63, 3.8) is 0 Å². The fourth-order valence-electron chi connectivity index (χ4n) is 2.41. The molecule has 3 rings (SSSR count). The summed E-state index contributed by atoms with van der Waals surface area (Å²) in [6, 6.07) is 16.4. The lowest BCUT2D eigenvalue weighted by Gasteiger charge is -2.23. The second-order valence-corrected chi connectivity index (χ2v) is 6.20. The molecular formula is C17H19N3S. The molecule has 0 saturated heterocycles. The van der Waals surface area contributed by atoms with Crippen LogP contribution in [0.3, 0.4) is 0 Å². The highest BCUT2D eigenvalue weighted by Crippen LogP contribution is 2.25. The Kier molecular flexibility index (Phi) is 4.06. The summed E-state index contributed by atoms with van der Waals surface area (Å²) in [5.41, 5.74) is 8.87. The Balaban J connectivity index is 1.85. The van der Waals surface area contributed by atoms with Gasteiger partial charge in [-0.1, -0.05) is 19.1 Å². The van der Waals surface area contributed by atoms with Crippen LogP contribution in [0.4, 0.5) is 11.4 Å². The molecule has 4 heteroatoms. The van der Waals surface area contributed by atoms with Crippen molar-refractivity contribution in [1.82, 2.24) is 4.98 Å². The molecule has 0 radical (unpaired) electrons. The van der Waals surface area contributed by atoms with Crippen molar-refractivity contribution in [2.45, 2.75) is 19.9 Å². The van der Waals surface area contributed by atoms with E-state index in [2.05, 4.69) is 42.2 Å². The quantitative estimate of drug-likeness (QED) is 0.714. The van der Waals surface area contributed by atoms with Gasteiger partial charge in [0.25, 0.3) is 0 Å². The van der Waals surface area contributed by atoms with E-state index < -0.39 is 0 Å². The molecule has 1 aromatic heterocycles. The number of nitrogen functional groups attached to an aromatic ring is 1. The highest BCUT2D eigenvalue weighted by Gasteiger charge is 2.10. The van der Waals surface area contributed by atoms with Crippen molar-refractivity contribution in [2.75, 3.05) is 17.2 Å². The van der Waals surface area contributed by atoms with E-state index in [1.165, 1.54) is 10.4 Å². The minimum absolute atomic E-state index is 0.801.